The summed E-state index contributed by atoms with van der Waals surface area (Å²) in [4.78, 5) is 17.1. The molecule has 0 atom stereocenters. The second-order valence-electron chi connectivity index (χ2n) is 6.98. The molecule has 0 radical (unpaired) electrons. The van der Waals surface area contributed by atoms with Crippen molar-refractivity contribution >= 4 is 23.3 Å². The van der Waals surface area contributed by atoms with E-state index in [1.807, 2.05) is 0 Å². The third-order valence-corrected chi connectivity index (χ3v) is 5.43. The van der Waals surface area contributed by atoms with Gasteiger partial charge in [0.1, 0.15) is 11.6 Å². The monoisotopic (exact) mass is 407 g/mol. The fourth-order valence-electron chi connectivity index (χ4n) is 3.47. The molecule has 4 nitrogen and oxygen atoms in total. The second-order valence-corrected chi connectivity index (χ2v) is 7.39. The molecule has 2 aromatic rings. The van der Waals surface area contributed by atoms with E-state index in [1.54, 1.807) is 17.0 Å². The van der Waals surface area contributed by atoms with Crippen molar-refractivity contribution in [3.05, 3.63) is 64.7 Å². The highest BCUT2D eigenvalue weighted by Crippen LogP contribution is 2.23. The molecule has 28 heavy (non-hydrogen) atoms. The Labute approximate surface area is 169 Å². The quantitative estimate of drug-likeness (QED) is 0.745. The summed E-state index contributed by atoms with van der Waals surface area (Å²) in [6, 6.07) is 10.1. The Kier molecular flexibility index (Phi) is 6.86. The molecule has 2 aromatic carbocycles. The fraction of sp³-hybridized carbons (Fsp3) is 0.381. The van der Waals surface area contributed by atoms with E-state index in [2.05, 4.69) is 17.1 Å². The van der Waals surface area contributed by atoms with E-state index in [0.717, 1.165) is 38.0 Å². The van der Waals surface area contributed by atoms with Gasteiger partial charge in [-0.05, 0) is 55.3 Å². The molecule has 0 aliphatic carbocycles. The van der Waals surface area contributed by atoms with Gasteiger partial charge in [-0.1, -0.05) is 30.7 Å². The molecule has 1 aliphatic heterocycles. The molecular weight excluding hydrogens is 384 g/mol. The van der Waals surface area contributed by atoms with Crippen molar-refractivity contribution in [1.82, 2.24) is 9.80 Å². The molecule has 1 saturated heterocycles. The Morgan fingerprint density at radius 2 is 1.86 bits per heavy atom. The topological polar surface area (TPSA) is 35.6 Å². The van der Waals surface area contributed by atoms with Crippen LogP contribution in [-0.2, 0) is 6.54 Å². The average Bonchev–Trinajstić information content (AvgIpc) is 2.70. The Hall–Kier alpha value is -2.18. The number of piperidine rings is 1. The van der Waals surface area contributed by atoms with Crippen LogP contribution in [0.1, 0.15) is 25.3 Å². The Balaban J connectivity index is 1.76. The Bertz CT molecular complexity index is 808. The first-order valence-electron chi connectivity index (χ1n) is 9.45. The summed E-state index contributed by atoms with van der Waals surface area (Å²) in [5, 5.41) is 2.77. The van der Waals surface area contributed by atoms with Gasteiger partial charge in [0.2, 0.25) is 0 Å². The predicted molar refractivity (Wildman–Crippen MR) is 108 cm³/mol. The summed E-state index contributed by atoms with van der Waals surface area (Å²) < 4.78 is 26.6. The summed E-state index contributed by atoms with van der Waals surface area (Å²) in [7, 11) is 0. The van der Waals surface area contributed by atoms with E-state index in [1.165, 1.54) is 30.3 Å². The first-order chi connectivity index (χ1) is 13.5. The van der Waals surface area contributed by atoms with E-state index in [4.69, 9.17) is 11.6 Å². The zero-order valence-corrected chi connectivity index (χ0v) is 16.6. The van der Waals surface area contributed by atoms with Gasteiger partial charge >= 0.3 is 6.03 Å². The fourth-order valence-corrected chi connectivity index (χ4v) is 3.65. The zero-order chi connectivity index (χ0) is 20.1. The summed E-state index contributed by atoms with van der Waals surface area (Å²) >= 11 is 5.82. The van der Waals surface area contributed by atoms with E-state index >= 15 is 0 Å². The lowest BCUT2D eigenvalue weighted by molar-refractivity contribution is 0.126. The van der Waals surface area contributed by atoms with Crippen LogP contribution in [-0.4, -0.2) is 41.5 Å². The third-order valence-electron chi connectivity index (χ3n) is 5.14. The van der Waals surface area contributed by atoms with Crippen molar-refractivity contribution in [2.75, 3.05) is 25.0 Å². The molecule has 0 aromatic heterocycles. The summed E-state index contributed by atoms with van der Waals surface area (Å²) in [5.41, 5.74) is 1.29. The number of urea groups is 1. The molecular formula is C21H24ClF2N3O. The van der Waals surface area contributed by atoms with Gasteiger partial charge < -0.3 is 15.1 Å². The molecule has 1 fully saturated rings. The minimum Gasteiger partial charge on any atom is -0.317 e. The number of amides is 2. The molecule has 0 saturated carbocycles. The highest BCUT2D eigenvalue weighted by atomic mass is 35.5. The zero-order valence-electron chi connectivity index (χ0n) is 15.8. The van der Waals surface area contributed by atoms with Crippen molar-refractivity contribution in [3.63, 3.8) is 0 Å². The van der Waals surface area contributed by atoms with Gasteiger partial charge in [-0.3, -0.25) is 0 Å². The Morgan fingerprint density at radius 3 is 2.46 bits per heavy atom. The molecule has 0 unspecified atom stereocenters. The highest BCUT2D eigenvalue weighted by Gasteiger charge is 2.28. The average molecular weight is 408 g/mol. The van der Waals surface area contributed by atoms with E-state index < -0.39 is 5.82 Å². The van der Waals surface area contributed by atoms with Crippen molar-refractivity contribution < 1.29 is 13.6 Å². The molecule has 0 spiro atoms. The van der Waals surface area contributed by atoms with Crippen molar-refractivity contribution in [2.24, 2.45) is 0 Å². The van der Waals surface area contributed by atoms with Gasteiger partial charge in [0.15, 0.2) is 0 Å². The number of carbonyl (C=O) groups is 1. The SMILES string of the molecule is CCN1CCC(N(Cc2ccc(F)cc2)C(=O)Nc2ccc(F)c(Cl)c2)CC1. The van der Waals surface area contributed by atoms with Crippen LogP contribution in [0.3, 0.4) is 0 Å². The molecule has 1 N–H and O–H groups in total. The standard InChI is InChI=1S/C21H24ClF2N3O/c1-2-26-11-9-18(10-12-26)27(14-15-3-5-16(23)6-4-15)21(28)25-17-7-8-20(24)19(22)13-17/h3-8,13,18H,2,9-12,14H2,1H3,(H,25,28). The summed E-state index contributed by atoms with van der Waals surface area (Å²) in [6.45, 7) is 5.35. The Morgan fingerprint density at radius 1 is 1.18 bits per heavy atom. The van der Waals surface area contributed by atoms with E-state index in [9.17, 15) is 13.6 Å². The number of carbonyl (C=O) groups excluding carboxylic acids is 1. The van der Waals surface area contributed by atoms with Crippen LogP contribution in [0, 0.1) is 11.6 Å². The van der Waals surface area contributed by atoms with E-state index in [0.29, 0.717) is 12.2 Å². The molecule has 0 bridgehead atoms. The van der Waals surface area contributed by atoms with Crippen molar-refractivity contribution in [2.45, 2.75) is 32.4 Å². The summed E-state index contributed by atoms with van der Waals surface area (Å²) in [5.74, 6) is -0.841. The number of rotatable bonds is 5. The van der Waals surface area contributed by atoms with Gasteiger partial charge in [0.05, 0.1) is 5.02 Å². The highest BCUT2D eigenvalue weighted by molar-refractivity contribution is 6.31. The molecule has 1 aliphatic rings. The van der Waals surface area contributed by atoms with Gasteiger partial charge in [0, 0.05) is 31.4 Å². The number of nitrogens with one attached hydrogen (secondary N) is 1. The largest absolute Gasteiger partial charge is 0.322 e. The van der Waals surface area contributed by atoms with E-state index in [-0.39, 0.29) is 22.9 Å². The summed E-state index contributed by atoms with van der Waals surface area (Å²) in [6.07, 6.45) is 1.74. The number of halogens is 3. The number of hydrogen-bond acceptors (Lipinski definition) is 2. The van der Waals surface area contributed by atoms with Gasteiger partial charge in [0.25, 0.3) is 0 Å². The maximum Gasteiger partial charge on any atom is 0.322 e. The molecule has 150 valence electrons. The van der Waals surface area contributed by atoms with Gasteiger partial charge in [-0.15, -0.1) is 0 Å². The number of likely N-dealkylation sites (tertiary alicyclic amines) is 1. The first kappa shape index (κ1) is 20.6. The van der Waals surface area contributed by atoms with Gasteiger partial charge in [-0.25, -0.2) is 13.6 Å². The maximum atomic E-state index is 13.4. The van der Waals surface area contributed by atoms with Crippen LogP contribution in [0.25, 0.3) is 0 Å². The van der Waals surface area contributed by atoms with Crippen LogP contribution >= 0.6 is 11.6 Å². The lowest BCUT2D eigenvalue weighted by Crippen LogP contribution is -2.48. The maximum absolute atomic E-state index is 13.4. The molecule has 1 heterocycles. The third kappa shape index (κ3) is 5.20. The number of anilines is 1. The van der Waals surface area contributed by atoms with Crippen LogP contribution in [0.15, 0.2) is 42.5 Å². The molecule has 2 amide bonds. The molecule has 3 rings (SSSR count). The molecule has 7 heteroatoms. The second kappa shape index (κ2) is 9.34. The first-order valence-corrected chi connectivity index (χ1v) is 9.83. The lowest BCUT2D eigenvalue weighted by atomic mass is 10.0. The number of hydrogen-bond donors (Lipinski definition) is 1. The normalized spacial score (nSPS) is 15.4. The van der Waals surface area contributed by atoms with Crippen LogP contribution in [0.4, 0.5) is 19.3 Å². The minimum absolute atomic E-state index is 0.0425. The number of benzene rings is 2. The lowest BCUT2D eigenvalue weighted by Gasteiger charge is -2.38. The van der Waals surface area contributed by atoms with Crippen LogP contribution < -0.4 is 5.32 Å². The minimum atomic E-state index is -0.533. The van der Waals surface area contributed by atoms with Crippen molar-refractivity contribution in [3.8, 4) is 0 Å². The smallest absolute Gasteiger partial charge is 0.317 e. The van der Waals surface area contributed by atoms with Crippen LogP contribution in [0.2, 0.25) is 5.02 Å². The van der Waals surface area contributed by atoms with Crippen LogP contribution in [0.5, 0.6) is 0 Å². The predicted octanol–water partition coefficient (Wildman–Crippen LogP) is 5.14. The number of nitrogens with zero attached hydrogens (tertiary/aromatic N) is 2. The van der Waals surface area contributed by atoms with Gasteiger partial charge in [-0.2, -0.15) is 0 Å². The van der Waals surface area contributed by atoms with Crippen molar-refractivity contribution in [1.29, 1.82) is 0 Å².